The lowest BCUT2D eigenvalue weighted by molar-refractivity contribution is -0.121. The van der Waals surface area contributed by atoms with Crippen molar-refractivity contribution in [3.63, 3.8) is 0 Å². The molecular formula is C19H18N4O2. The molecule has 1 amide bonds. The maximum Gasteiger partial charge on any atom is 0.265 e. The van der Waals surface area contributed by atoms with Crippen molar-refractivity contribution < 1.29 is 9.53 Å². The first kappa shape index (κ1) is 15.4. The molecule has 25 heavy (non-hydrogen) atoms. The van der Waals surface area contributed by atoms with Crippen LogP contribution in [0.5, 0.6) is 5.75 Å². The summed E-state index contributed by atoms with van der Waals surface area (Å²) in [7, 11) is 0. The van der Waals surface area contributed by atoms with Gasteiger partial charge in [0.1, 0.15) is 11.4 Å². The Bertz CT molecular complexity index is 876. The molecule has 1 aliphatic rings. The highest BCUT2D eigenvalue weighted by Crippen LogP contribution is 2.31. The van der Waals surface area contributed by atoms with E-state index in [1.165, 1.54) is 0 Å². The minimum absolute atomic E-state index is 0.0118. The number of rotatable bonds is 5. The average Bonchev–Trinajstić information content (AvgIpc) is 3.13. The Labute approximate surface area is 145 Å². The molecule has 0 spiro atoms. The predicted octanol–water partition coefficient (Wildman–Crippen LogP) is 2.76. The maximum atomic E-state index is 12.2. The zero-order chi connectivity index (χ0) is 17.1. The number of aryl methyl sites for hydroxylation is 1. The van der Waals surface area contributed by atoms with E-state index in [0.717, 1.165) is 29.1 Å². The van der Waals surface area contributed by atoms with Crippen LogP contribution in [0.25, 0.3) is 11.3 Å². The van der Waals surface area contributed by atoms with Crippen LogP contribution in [0, 0.1) is 0 Å². The van der Waals surface area contributed by atoms with Crippen LogP contribution in [0.15, 0.2) is 60.8 Å². The van der Waals surface area contributed by atoms with Crippen LogP contribution < -0.4 is 9.64 Å². The third-order valence-electron chi connectivity index (χ3n) is 4.19. The van der Waals surface area contributed by atoms with Crippen molar-refractivity contribution >= 4 is 11.6 Å². The molecule has 1 aromatic heterocycles. The van der Waals surface area contributed by atoms with E-state index < -0.39 is 0 Å². The number of hydrogen-bond acceptors (Lipinski definition) is 4. The number of carbonyl (C=O) groups is 1. The minimum Gasteiger partial charge on any atom is -0.482 e. The molecule has 1 aliphatic heterocycles. The lowest BCUT2D eigenvalue weighted by atomic mass is 10.2. The van der Waals surface area contributed by atoms with Gasteiger partial charge in [0.25, 0.3) is 5.91 Å². The van der Waals surface area contributed by atoms with Crippen molar-refractivity contribution in [1.29, 1.82) is 0 Å². The second-order valence-electron chi connectivity index (χ2n) is 5.89. The maximum absolute atomic E-state index is 12.2. The fourth-order valence-electron chi connectivity index (χ4n) is 2.94. The Balaban J connectivity index is 1.40. The Kier molecular flexibility index (Phi) is 4.16. The zero-order valence-corrected chi connectivity index (χ0v) is 13.7. The molecule has 126 valence electrons. The van der Waals surface area contributed by atoms with Crippen LogP contribution in [-0.2, 0) is 11.3 Å². The van der Waals surface area contributed by atoms with Gasteiger partial charge in [0.15, 0.2) is 6.61 Å². The third-order valence-corrected chi connectivity index (χ3v) is 4.19. The standard InChI is InChI=1S/C19H18N4O2/c24-19-14-25-18-10-5-4-9-17(18)23(19)12-6-11-22-13-16(20-21-22)15-7-2-1-3-8-15/h1-5,7-10,13H,6,11-12,14H2. The van der Waals surface area contributed by atoms with Crippen molar-refractivity contribution in [1.82, 2.24) is 15.0 Å². The summed E-state index contributed by atoms with van der Waals surface area (Å²) in [6.45, 7) is 1.42. The normalized spacial score (nSPS) is 13.4. The molecular weight excluding hydrogens is 316 g/mol. The van der Waals surface area contributed by atoms with E-state index in [1.54, 1.807) is 4.90 Å². The number of nitrogens with zero attached hydrogens (tertiary/aromatic N) is 4. The number of aromatic nitrogens is 3. The molecule has 0 atom stereocenters. The summed E-state index contributed by atoms with van der Waals surface area (Å²) in [6, 6.07) is 17.6. The van der Waals surface area contributed by atoms with Gasteiger partial charge in [0.05, 0.1) is 11.9 Å². The highest BCUT2D eigenvalue weighted by atomic mass is 16.5. The van der Waals surface area contributed by atoms with E-state index >= 15 is 0 Å². The molecule has 0 N–H and O–H groups in total. The number of ether oxygens (including phenoxy) is 1. The van der Waals surface area contributed by atoms with Crippen molar-refractivity contribution in [3.8, 4) is 17.0 Å². The number of hydrogen-bond donors (Lipinski definition) is 0. The molecule has 2 heterocycles. The molecule has 0 bridgehead atoms. The van der Waals surface area contributed by atoms with Gasteiger partial charge in [-0.1, -0.05) is 47.7 Å². The fourth-order valence-corrected chi connectivity index (χ4v) is 2.94. The summed E-state index contributed by atoms with van der Waals surface area (Å²) in [5.74, 6) is 0.747. The van der Waals surface area contributed by atoms with Crippen LogP contribution in [0.3, 0.4) is 0 Å². The number of para-hydroxylation sites is 2. The van der Waals surface area contributed by atoms with Gasteiger partial charge in [-0.3, -0.25) is 9.48 Å². The molecule has 0 unspecified atom stereocenters. The third kappa shape index (κ3) is 3.24. The van der Waals surface area contributed by atoms with Gasteiger partial charge < -0.3 is 9.64 Å². The molecule has 6 nitrogen and oxygen atoms in total. The fraction of sp³-hybridized carbons (Fsp3) is 0.211. The number of fused-ring (bicyclic) bond motifs is 1. The van der Waals surface area contributed by atoms with Gasteiger partial charge in [-0.15, -0.1) is 5.10 Å². The van der Waals surface area contributed by atoms with Crippen LogP contribution in [0.4, 0.5) is 5.69 Å². The van der Waals surface area contributed by atoms with Crippen molar-refractivity contribution in [3.05, 3.63) is 60.8 Å². The van der Waals surface area contributed by atoms with E-state index in [4.69, 9.17) is 4.74 Å². The Morgan fingerprint density at radius 3 is 2.68 bits per heavy atom. The predicted molar refractivity (Wildman–Crippen MR) is 94.4 cm³/mol. The molecule has 0 saturated carbocycles. The monoisotopic (exact) mass is 334 g/mol. The molecule has 0 radical (unpaired) electrons. The van der Waals surface area contributed by atoms with Gasteiger partial charge >= 0.3 is 0 Å². The number of anilines is 1. The molecule has 3 aromatic rings. The molecule has 0 saturated heterocycles. The molecule has 0 fully saturated rings. The van der Waals surface area contributed by atoms with Gasteiger partial charge in [-0.2, -0.15) is 0 Å². The first-order valence-electron chi connectivity index (χ1n) is 8.29. The van der Waals surface area contributed by atoms with Gasteiger partial charge in [-0.25, -0.2) is 0 Å². The van der Waals surface area contributed by atoms with Gasteiger partial charge in [0, 0.05) is 18.7 Å². The number of amides is 1. The van der Waals surface area contributed by atoms with E-state index in [2.05, 4.69) is 10.3 Å². The summed E-state index contributed by atoms with van der Waals surface area (Å²) in [5, 5.41) is 8.39. The quantitative estimate of drug-likeness (QED) is 0.720. The second-order valence-corrected chi connectivity index (χ2v) is 5.89. The van der Waals surface area contributed by atoms with E-state index in [1.807, 2.05) is 65.5 Å². The molecule has 2 aromatic carbocycles. The first-order chi connectivity index (χ1) is 12.3. The van der Waals surface area contributed by atoms with Crippen molar-refractivity contribution in [2.75, 3.05) is 18.1 Å². The summed E-state index contributed by atoms with van der Waals surface area (Å²) >= 11 is 0. The summed E-state index contributed by atoms with van der Waals surface area (Å²) in [5.41, 5.74) is 2.74. The minimum atomic E-state index is -0.0118. The molecule has 6 heteroatoms. The van der Waals surface area contributed by atoms with E-state index in [0.29, 0.717) is 13.1 Å². The topological polar surface area (TPSA) is 60.2 Å². The molecule has 4 rings (SSSR count). The van der Waals surface area contributed by atoms with E-state index in [-0.39, 0.29) is 12.5 Å². The van der Waals surface area contributed by atoms with Crippen molar-refractivity contribution in [2.45, 2.75) is 13.0 Å². The average molecular weight is 334 g/mol. The van der Waals surface area contributed by atoms with Crippen LogP contribution in [-0.4, -0.2) is 34.1 Å². The smallest absolute Gasteiger partial charge is 0.265 e. The summed E-state index contributed by atoms with van der Waals surface area (Å²) in [6.07, 6.45) is 2.72. The Morgan fingerprint density at radius 1 is 1.00 bits per heavy atom. The highest BCUT2D eigenvalue weighted by Gasteiger charge is 2.24. The van der Waals surface area contributed by atoms with Crippen LogP contribution >= 0.6 is 0 Å². The summed E-state index contributed by atoms with van der Waals surface area (Å²) in [4.78, 5) is 13.9. The van der Waals surface area contributed by atoms with Gasteiger partial charge in [0.2, 0.25) is 0 Å². The first-order valence-corrected chi connectivity index (χ1v) is 8.29. The number of benzene rings is 2. The summed E-state index contributed by atoms with van der Waals surface area (Å²) < 4.78 is 7.28. The molecule has 0 aliphatic carbocycles. The van der Waals surface area contributed by atoms with Crippen molar-refractivity contribution in [2.24, 2.45) is 0 Å². The SMILES string of the molecule is O=C1COc2ccccc2N1CCCn1cc(-c2ccccc2)nn1. The van der Waals surface area contributed by atoms with Crippen LogP contribution in [0.1, 0.15) is 6.42 Å². The highest BCUT2D eigenvalue weighted by molar-refractivity contribution is 5.97. The number of carbonyl (C=O) groups excluding carboxylic acids is 1. The lowest BCUT2D eigenvalue weighted by Gasteiger charge is -2.29. The van der Waals surface area contributed by atoms with Crippen LogP contribution in [0.2, 0.25) is 0 Å². The van der Waals surface area contributed by atoms with E-state index in [9.17, 15) is 4.79 Å². The second kappa shape index (κ2) is 6.76. The Morgan fingerprint density at radius 2 is 1.80 bits per heavy atom. The Hall–Kier alpha value is -3.15. The van der Waals surface area contributed by atoms with Gasteiger partial charge in [-0.05, 0) is 18.6 Å². The lowest BCUT2D eigenvalue weighted by Crippen LogP contribution is -2.39. The largest absolute Gasteiger partial charge is 0.482 e. The zero-order valence-electron chi connectivity index (χ0n) is 13.7.